The summed E-state index contributed by atoms with van der Waals surface area (Å²) in [7, 11) is 0. The van der Waals surface area contributed by atoms with Gasteiger partial charge in [0.2, 0.25) is 0 Å². The third-order valence-corrected chi connectivity index (χ3v) is 9.57. The summed E-state index contributed by atoms with van der Waals surface area (Å²) >= 11 is 0. The van der Waals surface area contributed by atoms with Gasteiger partial charge in [-0.1, -0.05) is 96.1 Å². The molecule has 0 aliphatic heterocycles. The molecule has 0 atom stereocenters. The highest BCUT2D eigenvalue weighted by atomic mass is 16.3. The molecule has 0 bridgehead atoms. The quantitative estimate of drug-likeness (QED) is 0.203. The second kappa shape index (κ2) is 12.0. The van der Waals surface area contributed by atoms with Crippen LogP contribution < -0.4 is 0 Å². The topological polar surface area (TPSA) is 50.9 Å². The highest BCUT2D eigenvalue weighted by Crippen LogP contribution is 2.42. The monoisotopic (exact) mass is 643 g/mol. The van der Waals surface area contributed by atoms with Crippen LogP contribution in [0.15, 0.2) is 115 Å². The van der Waals surface area contributed by atoms with Gasteiger partial charge in [0.15, 0.2) is 0 Å². The Hall–Kier alpha value is -5.22. The maximum absolute atomic E-state index is 11.2. The van der Waals surface area contributed by atoms with Crippen LogP contribution in [0.3, 0.4) is 0 Å². The molecule has 5 aromatic carbocycles. The maximum Gasteiger partial charge on any atom is 0.145 e. The van der Waals surface area contributed by atoms with E-state index in [2.05, 4.69) is 151 Å². The van der Waals surface area contributed by atoms with E-state index in [0.717, 1.165) is 72.3 Å². The smallest absolute Gasteiger partial charge is 0.145 e. The maximum atomic E-state index is 11.2. The lowest BCUT2D eigenvalue weighted by molar-refractivity contribution is 0.474. The van der Waals surface area contributed by atoms with Gasteiger partial charge in [0.25, 0.3) is 0 Å². The van der Waals surface area contributed by atoms with E-state index in [4.69, 9.17) is 9.97 Å². The van der Waals surface area contributed by atoms with E-state index in [-0.39, 0.29) is 22.6 Å². The highest BCUT2D eigenvalue weighted by molar-refractivity contribution is 5.99. The van der Waals surface area contributed by atoms with E-state index in [1.807, 2.05) is 18.3 Å². The van der Waals surface area contributed by atoms with Crippen molar-refractivity contribution in [2.45, 2.75) is 72.3 Å². The Morgan fingerprint density at radius 3 is 1.94 bits per heavy atom. The average Bonchev–Trinajstić information content (AvgIpc) is 3.47. The number of phenolic OH excluding ortho intramolecular Hbond substituents is 1. The molecular formula is C45H45N3O. The molecule has 4 nitrogen and oxygen atoms in total. The van der Waals surface area contributed by atoms with Gasteiger partial charge < -0.3 is 9.67 Å². The zero-order valence-corrected chi connectivity index (χ0v) is 29.8. The van der Waals surface area contributed by atoms with Crippen molar-refractivity contribution >= 4 is 21.9 Å². The number of imidazole rings is 1. The molecule has 0 unspecified atom stereocenters. The summed E-state index contributed by atoms with van der Waals surface area (Å²) in [6.45, 7) is 17.7. The lowest BCUT2D eigenvalue weighted by Gasteiger charge is -2.22. The number of phenols is 1. The minimum Gasteiger partial charge on any atom is -0.507 e. The van der Waals surface area contributed by atoms with Crippen LogP contribution in [0.2, 0.25) is 0 Å². The number of fused-ring (bicyclic) bond motifs is 2. The number of pyridine rings is 1. The van der Waals surface area contributed by atoms with Crippen LogP contribution in [0.25, 0.3) is 66.7 Å². The molecule has 2 heterocycles. The van der Waals surface area contributed by atoms with Gasteiger partial charge in [-0.05, 0) is 113 Å². The molecular weight excluding hydrogens is 599 g/mol. The fraction of sp³-hybridized carbons (Fsp3) is 0.244. The number of rotatable bonds is 5. The van der Waals surface area contributed by atoms with Crippen LogP contribution in [-0.4, -0.2) is 19.6 Å². The SMILES string of the molecule is CC(C)n1c(-c2cc(C(C)(C)C)ccc2O)nc2c(-c3cc(-c4ccccc4)cc(-c4cc(C(C)(C)C)cc5cccnc45)c3)cccc21. The molecule has 0 fully saturated rings. The number of hydrogen-bond acceptors (Lipinski definition) is 3. The van der Waals surface area contributed by atoms with Gasteiger partial charge in [0, 0.05) is 28.8 Å². The standard InChI is InChI=1S/C45H45N3O/c1-28(2)48-39-18-12-17-36(42(39)47-43(48)38-26-34(44(3,4)5)19-20-40(38)49)32-22-31(29-14-10-9-11-15-29)23-33(24-32)37-27-35(45(6,7)8)25-30-16-13-21-46-41(30)37/h9-28,49H,1-8H3. The second-order valence-corrected chi connectivity index (χ2v) is 15.6. The molecule has 7 rings (SSSR count). The third-order valence-electron chi connectivity index (χ3n) is 9.57. The molecule has 0 radical (unpaired) electrons. The first-order chi connectivity index (χ1) is 23.3. The largest absolute Gasteiger partial charge is 0.507 e. The number of hydrogen-bond donors (Lipinski definition) is 1. The summed E-state index contributed by atoms with van der Waals surface area (Å²) in [5.74, 6) is 1.01. The van der Waals surface area contributed by atoms with Crippen molar-refractivity contribution in [1.29, 1.82) is 0 Å². The summed E-state index contributed by atoms with van der Waals surface area (Å²) in [4.78, 5) is 10.3. The molecule has 4 heteroatoms. The van der Waals surface area contributed by atoms with Crippen molar-refractivity contribution < 1.29 is 5.11 Å². The lowest BCUT2D eigenvalue weighted by atomic mass is 9.83. The van der Waals surface area contributed by atoms with Gasteiger partial charge in [0.05, 0.1) is 22.1 Å². The first kappa shape index (κ1) is 32.3. The molecule has 1 N–H and O–H groups in total. The van der Waals surface area contributed by atoms with E-state index in [1.165, 1.54) is 5.56 Å². The summed E-state index contributed by atoms with van der Waals surface area (Å²) in [6, 6.07) is 38.7. The van der Waals surface area contributed by atoms with Crippen LogP contribution in [0.1, 0.15) is 72.6 Å². The Morgan fingerprint density at radius 1 is 0.571 bits per heavy atom. The summed E-state index contributed by atoms with van der Waals surface area (Å²) in [6.07, 6.45) is 1.88. The van der Waals surface area contributed by atoms with Gasteiger partial charge in [-0.3, -0.25) is 4.98 Å². The van der Waals surface area contributed by atoms with Crippen molar-refractivity contribution in [3.8, 4) is 50.5 Å². The number of benzene rings is 5. The Labute approximate surface area is 290 Å². The van der Waals surface area contributed by atoms with Crippen molar-refractivity contribution in [2.75, 3.05) is 0 Å². The minimum absolute atomic E-state index is 0.0276. The Kier molecular flexibility index (Phi) is 7.94. The van der Waals surface area contributed by atoms with Crippen LogP contribution in [0.4, 0.5) is 0 Å². The van der Waals surface area contributed by atoms with Crippen LogP contribution in [0, 0.1) is 0 Å². The zero-order valence-electron chi connectivity index (χ0n) is 29.8. The van der Waals surface area contributed by atoms with Crippen molar-refractivity contribution in [3.05, 3.63) is 127 Å². The molecule has 0 spiro atoms. The zero-order chi connectivity index (χ0) is 34.7. The number of para-hydroxylation sites is 1. The van der Waals surface area contributed by atoms with Crippen LogP contribution in [-0.2, 0) is 10.8 Å². The highest BCUT2D eigenvalue weighted by Gasteiger charge is 2.24. The van der Waals surface area contributed by atoms with Crippen molar-refractivity contribution in [2.24, 2.45) is 0 Å². The number of aromatic nitrogens is 3. The van der Waals surface area contributed by atoms with Gasteiger partial charge >= 0.3 is 0 Å². The van der Waals surface area contributed by atoms with E-state index >= 15 is 0 Å². The number of aromatic hydroxyl groups is 1. The first-order valence-electron chi connectivity index (χ1n) is 17.2. The Balaban J connectivity index is 1.52. The molecule has 0 amide bonds. The van der Waals surface area contributed by atoms with Crippen LogP contribution >= 0.6 is 0 Å². The molecule has 0 saturated carbocycles. The molecule has 0 aliphatic carbocycles. The van der Waals surface area contributed by atoms with E-state index < -0.39 is 0 Å². The Bertz CT molecular complexity index is 2330. The molecule has 49 heavy (non-hydrogen) atoms. The molecule has 0 saturated heterocycles. The normalized spacial score (nSPS) is 12.3. The molecule has 2 aromatic heterocycles. The lowest BCUT2D eigenvalue weighted by Crippen LogP contribution is -2.11. The van der Waals surface area contributed by atoms with E-state index in [9.17, 15) is 5.11 Å². The predicted octanol–water partition coefficient (Wildman–Crippen LogP) is 12.1. The third kappa shape index (κ3) is 6.01. The summed E-state index contributed by atoms with van der Waals surface area (Å²) < 4.78 is 2.26. The fourth-order valence-corrected chi connectivity index (χ4v) is 6.83. The molecule has 7 aromatic rings. The predicted molar refractivity (Wildman–Crippen MR) is 206 cm³/mol. The minimum atomic E-state index is -0.0696. The second-order valence-electron chi connectivity index (χ2n) is 15.6. The summed E-state index contributed by atoms with van der Waals surface area (Å²) in [5, 5.41) is 12.3. The molecule has 0 aliphatic rings. The van der Waals surface area contributed by atoms with Gasteiger partial charge in [-0.25, -0.2) is 4.98 Å². The van der Waals surface area contributed by atoms with Gasteiger partial charge in [-0.15, -0.1) is 0 Å². The number of nitrogens with zero attached hydrogens (tertiary/aromatic N) is 3. The first-order valence-corrected chi connectivity index (χ1v) is 17.2. The van der Waals surface area contributed by atoms with E-state index in [0.29, 0.717) is 0 Å². The van der Waals surface area contributed by atoms with E-state index in [1.54, 1.807) is 6.07 Å². The molecule has 246 valence electrons. The fourth-order valence-electron chi connectivity index (χ4n) is 6.83. The van der Waals surface area contributed by atoms with Gasteiger partial charge in [-0.2, -0.15) is 0 Å². The van der Waals surface area contributed by atoms with Gasteiger partial charge in [0.1, 0.15) is 11.6 Å². The van der Waals surface area contributed by atoms with Crippen molar-refractivity contribution in [1.82, 2.24) is 14.5 Å². The summed E-state index contributed by atoms with van der Waals surface area (Å²) in [5.41, 5.74) is 12.7. The Morgan fingerprint density at radius 2 is 1.24 bits per heavy atom. The van der Waals surface area contributed by atoms with Crippen molar-refractivity contribution in [3.63, 3.8) is 0 Å². The van der Waals surface area contributed by atoms with Crippen LogP contribution in [0.5, 0.6) is 5.75 Å². The average molecular weight is 644 g/mol.